The fraction of sp³-hybridized carbons (Fsp3) is 0.500. The van der Waals surface area contributed by atoms with Crippen molar-refractivity contribution in [3.05, 3.63) is 59.7 Å². The molecule has 1 saturated carbocycles. The minimum absolute atomic E-state index is 0.150. The average Bonchev–Trinajstić information content (AvgIpc) is 2.68. The van der Waals surface area contributed by atoms with Crippen molar-refractivity contribution in [2.24, 2.45) is 5.92 Å². The topological polar surface area (TPSA) is 35.5 Å². The van der Waals surface area contributed by atoms with Crippen LogP contribution in [0.4, 0.5) is 0 Å². The van der Waals surface area contributed by atoms with Gasteiger partial charge in [-0.2, -0.15) is 0 Å². The lowest BCUT2D eigenvalue weighted by Crippen LogP contribution is -2.46. The van der Waals surface area contributed by atoms with Crippen molar-refractivity contribution in [3.8, 4) is 11.5 Å². The monoisotopic (exact) mass is 392 g/mol. The van der Waals surface area contributed by atoms with Crippen LogP contribution in [-0.4, -0.2) is 17.5 Å². The molecule has 3 heteroatoms. The van der Waals surface area contributed by atoms with Crippen LogP contribution < -0.4 is 9.47 Å². The molecule has 2 aromatic rings. The normalized spacial score (nSPS) is 23.5. The lowest BCUT2D eigenvalue weighted by Gasteiger charge is -2.47. The molecule has 2 aliphatic rings. The molecule has 0 amide bonds. The van der Waals surface area contributed by atoms with Gasteiger partial charge in [0.25, 0.3) is 0 Å². The first-order valence-electron chi connectivity index (χ1n) is 11.0. The number of benzene rings is 2. The van der Waals surface area contributed by atoms with Gasteiger partial charge in [0.1, 0.15) is 22.9 Å². The molecule has 0 saturated heterocycles. The molecule has 1 fully saturated rings. The number of fused-ring (bicyclic) bond motifs is 3. The Kier molecular flexibility index (Phi) is 5.67. The van der Waals surface area contributed by atoms with E-state index in [4.69, 9.17) is 9.47 Å². The van der Waals surface area contributed by atoms with Gasteiger partial charge in [0, 0.05) is 30.7 Å². The Labute approximate surface area is 174 Å². The molecule has 29 heavy (non-hydrogen) atoms. The number of aryl methyl sites for hydroxylation is 1. The van der Waals surface area contributed by atoms with Gasteiger partial charge in [-0.15, -0.1) is 0 Å². The van der Waals surface area contributed by atoms with Gasteiger partial charge < -0.3 is 9.47 Å². The SMILES string of the molecule is CC(CCCc1ccccc1)Oc1ccc2c(c1)OC(C)(C)[C@@H]1CCC(=O)C[C@@H]21. The molecule has 0 bridgehead atoms. The van der Waals surface area contributed by atoms with Crippen molar-refractivity contribution >= 4 is 5.78 Å². The molecule has 3 nitrogen and oxygen atoms in total. The summed E-state index contributed by atoms with van der Waals surface area (Å²) in [4.78, 5) is 12.1. The number of carbonyl (C=O) groups excluding carboxylic acids is 1. The van der Waals surface area contributed by atoms with Crippen LogP contribution in [0.5, 0.6) is 11.5 Å². The van der Waals surface area contributed by atoms with Gasteiger partial charge in [0.2, 0.25) is 0 Å². The Bertz CT molecular complexity index is 856. The summed E-state index contributed by atoms with van der Waals surface area (Å²) >= 11 is 0. The Balaban J connectivity index is 1.41. The molecule has 0 spiro atoms. The predicted octanol–water partition coefficient (Wildman–Crippen LogP) is 6.10. The van der Waals surface area contributed by atoms with Crippen LogP contribution in [-0.2, 0) is 11.2 Å². The van der Waals surface area contributed by atoms with E-state index >= 15 is 0 Å². The second kappa shape index (κ2) is 8.22. The van der Waals surface area contributed by atoms with Gasteiger partial charge in [0.15, 0.2) is 0 Å². The van der Waals surface area contributed by atoms with Crippen LogP contribution in [0.3, 0.4) is 0 Å². The van der Waals surface area contributed by atoms with E-state index in [0.29, 0.717) is 24.5 Å². The van der Waals surface area contributed by atoms with Crippen LogP contribution >= 0.6 is 0 Å². The number of rotatable bonds is 6. The highest BCUT2D eigenvalue weighted by atomic mass is 16.5. The number of Topliss-reactive ketones (excluding diaryl/α,β-unsaturated/α-hetero) is 1. The molecule has 1 heterocycles. The second-order valence-corrected chi connectivity index (χ2v) is 9.21. The first-order valence-corrected chi connectivity index (χ1v) is 11.0. The van der Waals surface area contributed by atoms with E-state index in [0.717, 1.165) is 37.2 Å². The maximum atomic E-state index is 12.1. The molecule has 0 radical (unpaired) electrons. The highest BCUT2D eigenvalue weighted by Gasteiger charge is 2.46. The number of ketones is 1. The molecule has 1 unspecified atom stereocenters. The quantitative estimate of drug-likeness (QED) is 0.596. The van der Waals surface area contributed by atoms with Crippen LogP contribution in [0, 0.1) is 5.92 Å². The highest BCUT2D eigenvalue weighted by Crippen LogP contribution is 2.51. The van der Waals surface area contributed by atoms with Crippen LogP contribution in [0.15, 0.2) is 48.5 Å². The third kappa shape index (κ3) is 4.49. The molecular weight excluding hydrogens is 360 g/mol. The van der Waals surface area contributed by atoms with Crippen molar-refractivity contribution in [1.29, 1.82) is 0 Å². The summed E-state index contributed by atoms with van der Waals surface area (Å²) < 4.78 is 12.6. The van der Waals surface area contributed by atoms with Crippen molar-refractivity contribution in [2.75, 3.05) is 0 Å². The maximum Gasteiger partial charge on any atom is 0.133 e. The van der Waals surface area contributed by atoms with Gasteiger partial charge in [0.05, 0.1) is 6.10 Å². The highest BCUT2D eigenvalue weighted by molar-refractivity contribution is 5.80. The summed E-state index contributed by atoms with van der Waals surface area (Å²) in [6.45, 7) is 6.44. The lowest BCUT2D eigenvalue weighted by molar-refractivity contribution is -0.124. The van der Waals surface area contributed by atoms with E-state index in [9.17, 15) is 4.79 Å². The average molecular weight is 393 g/mol. The third-order valence-electron chi connectivity index (χ3n) is 6.57. The minimum atomic E-state index is -0.252. The molecule has 0 N–H and O–H groups in total. The molecule has 2 aromatic carbocycles. The van der Waals surface area contributed by atoms with E-state index in [-0.39, 0.29) is 17.6 Å². The van der Waals surface area contributed by atoms with Crippen LogP contribution in [0.1, 0.15) is 69.9 Å². The predicted molar refractivity (Wildman–Crippen MR) is 116 cm³/mol. The third-order valence-corrected chi connectivity index (χ3v) is 6.57. The molecule has 0 aromatic heterocycles. The molecule has 3 atom stereocenters. The zero-order valence-corrected chi connectivity index (χ0v) is 17.8. The Morgan fingerprint density at radius 1 is 1.17 bits per heavy atom. The second-order valence-electron chi connectivity index (χ2n) is 9.21. The van der Waals surface area contributed by atoms with E-state index < -0.39 is 0 Å². The molecule has 1 aliphatic carbocycles. The fourth-order valence-corrected chi connectivity index (χ4v) is 5.04. The number of carbonyl (C=O) groups is 1. The lowest BCUT2D eigenvalue weighted by atomic mass is 9.66. The number of hydrogen-bond donors (Lipinski definition) is 0. The van der Waals surface area contributed by atoms with Crippen molar-refractivity contribution < 1.29 is 14.3 Å². The zero-order chi connectivity index (χ0) is 20.4. The first-order chi connectivity index (χ1) is 13.9. The van der Waals surface area contributed by atoms with E-state index in [2.05, 4.69) is 57.2 Å². The van der Waals surface area contributed by atoms with Crippen molar-refractivity contribution in [1.82, 2.24) is 0 Å². The Hall–Kier alpha value is -2.29. The van der Waals surface area contributed by atoms with Gasteiger partial charge >= 0.3 is 0 Å². The smallest absolute Gasteiger partial charge is 0.133 e. The van der Waals surface area contributed by atoms with Crippen molar-refractivity contribution in [2.45, 2.75) is 76.9 Å². The van der Waals surface area contributed by atoms with E-state index in [1.54, 1.807) is 0 Å². The molecule has 154 valence electrons. The molecule has 4 rings (SSSR count). The Morgan fingerprint density at radius 3 is 2.76 bits per heavy atom. The minimum Gasteiger partial charge on any atom is -0.491 e. The van der Waals surface area contributed by atoms with E-state index in [1.165, 1.54) is 11.1 Å². The summed E-state index contributed by atoms with van der Waals surface area (Å²) in [5.74, 6) is 2.79. The molecular formula is C26H32O3. The van der Waals surface area contributed by atoms with Gasteiger partial charge in [-0.1, -0.05) is 36.4 Å². The fourth-order valence-electron chi connectivity index (χ4n) is 5.04. The van der Waals surface area contributed by atoms with Crippen molar-refractivity contribution in [3.63, 3.8) is 0 Å². The van der Waals surface area contributed by atoms with Gasteiger partial charge in [-0.05, 0) is 63.6 Å². The number of hydrogen-bond acceptors (Lipinski definition) is 3. The summed E-state index contributed by atoms with van der Waals surface area (Å²) in [6.07, 6.45) is 5.59. The summed E-state index contributed by atoms with van der Waals surface area (Å²) in [6, 6.07) is 16.8. The first kappa shape index (κ1) is 20.0. The standard InChI is InChI=1S/C26H32O3/c1-18(8-7-11-19-9-5-4-6-10-19)28-21-13-14-22-23-16-20(27)12-15-24(23)26(2,3)29-25(22)17-21/h4-6,9-10,13-14,17-18,23-24H,7-8,11-12,15-16H2,1-3H3/t18?,23-,24+/m0/s1. The van der Waals surface area contributed by atoms with E-state index in [1.807, 2.05) is 12.1 Å². The number of ether oxygens (including phenoxy) is 2. The van der Waals surface area contributed by atoms with Gasteiger partial charge in [-0.25, -0.2) is 0 Å². The summed E-state index contributed by atoms with van der Waals surface area (Å²) in [5, 5.41) is 0. The zero-order valence-electron chi connectivity index (χ0n) is 17.8. The largest absolute Gasteiger partial charge is 0.491 e. The van der Waals surface area contributed by atoms with Crippen LogP contribution in [0.25, 0.3) is 0 Å². The van der Waals surface area contributed by atoms with Crippen LogP contribution in [0.2, 0.25) is 0 Å². The Morgan fingerprint density at radius 2 is 1.97 bits per heavy atom. The maximum absolute atomic E-state index is 12.1. The van der Waals surface area contributed by atoms with Gasteiger partial charge in [-0.3, -0.25) is 4.79 Å². The summed E-state index contributed by atoms with van der Waals surface area (Å²) in [5.41, 5.74) is 2.30. The summed E-state index contributed by atoms with van der Waals surface area (Å²) in [7, 11) is 0. The molecule has 1 aliphatic heterocycles.